The van der Waals surface area contributed by atoms with Crippen molar-refractivity contribution in [2.75, 3.05) is 33.3 Å². The lowest BCUT2D eigenvalue weighted by molar-refractivity contribution is -0.136. The topological polar surface area (TPSA) is 43.8 Å². The van der Waals surface area contributed by atoms with Gasteiger partial charge in [0, 0.05) is 25.0 Å². The molecule has 23 heavy (non-hydrogen) atoms. The van der Waals surface area contributed by atoms with Crippen LogP contribution < -0.4 is 0 Å². The molecule has 0 bridgehead atoms. The molecule has 4 heteroatoms. The number of amides is 1. The smallest absolute Gasteiger partial charge is 0.236 e. The Labute approximate surface area is 139 Å². The first kappa shape index (κ1) is 17.7. The van der Waals surface area contributed by atoms with Crippen LogP contribution in [0, 0.1) is 5.41 Å². The molecule has 1 amide bonds. The molecule has 1 aromatic carbocycles. The fourth-order valence-electron chi connectivity index (χ4n) is 3.37. The fraction of sp³-hybridized carbons (Fsp3) is 0.526. The van der Waals surface area contributed by atoms with Crippen LogP contribution in [0.25, 0.3) is 0 Å². The second kappa shape index (κ2) is 8.27. The molecule has 1 aliphatic heterocycles. The summed E-state index contributed by atoms with van der Waals surface area (Å²) < 4.78 is 0. The third-order valence-electron chi connectivity index (χ3n) is 4.63. The highest BCUT2D eigenvalue weighted by molar-refractivity contribution is 5.78. The standard InChI is InChI=1S/C19H28N2O2/c1-3-10-19(16-22)11-7-12-21(15-19)18(23)14-20(2)13-17-8-5-4-6-9-17/h3-6,8-9,22H,1,7,10-16H2,2H3/t19-/m1/s1. The van der Waals surface area contributed by atoms with E-state index in [1.165, 1.54) is 5.56 Å². The molecule has 126 valence electrons. The number of rotatable bonds is 7. The van der Waals surface area contributed by atoms with Crippen molar-refractivity contribution in [2.24, 2.45) is 5.41 Å². The van der Waals surface area contributed by atoms with Crippen molar-refractivity contribution >= 4 is 5.91 Å². The maximum atomic E-state index is 12.6. The van der Waals surface area contributed by atoms with Crippen molar-refractivity contribution in [1.82, 2.24) is 9.80 Å². The highest BCUT2D eigenvalue weighted by Crippen LogP contribution is 2.33. The van der Waals surface area contributed by atoms with E-state index < -0.39 is 0 Å². The molecule has 0 aliphatic carbocycles. The number of carbonyl (C=O) groups excluding carboxylic acids is 1. The van der Waals surface area contributed by atoms with Gasteiger partial charge in [-0.1, -0.05) is 36.4 Å². The van der Waals surface area contributed by atoms with E-state index in [0.717, 1.165) is 32.4 Å². The van der Waals surface area contributed by atoms with Crippen molar-refractivity contribution in [3.05, 3.63) is 48.6 Å². The maximum Gasteiger partial charge on any atom is 0.236 e. The number of benzene rings is 1. The summed E-state index contributed by atoms with van der Waals surface area (Å²) in [5, 5.41) is 9.75. The number of aliphatic hydroxyl groups is 1. The van der Waals surface area contributed by atoms with E-state index in [9.17, 15) is 9.90 Å². The zero-order chi connectivity index (χ0) is 16.7. The van der Waals surface area contributed by atoms with E-state index in [1.807, 2.05) is 41.1 Å². The molecule has 0 unspecified atom stereocenters. The molecule has 1 heterocycles. The van der Waals surface area contributed by atoms with Gasteiger partial charge in [0.2, 0.25) is 5.91 Å². The summed E-state index contributed by atoms with van der Waals surface area (Å²) >= 11 is 0. The number of hydrogen-bond donors (Lipinski definition) is 1. The molecule has 1 saturated heterocycles. The van der Waals surface area contributed by atoms with Crippen LogP contribution in [0.5, 0.6) is 0 Å². The van der Waals surface area contributed by atoms with Gasteiger partial charge in [-0.15, -0.1) is 6.58 Å². The number of allylic oxidation sites excluding steroid dienone is 1. The Bertz CT molecular complexity index is 517. The first-order chi connectivity index (χ1) is 11.1. The third-order valence-corrected chi connectivity index (χ3v) is 4.63. The number of piperidine rings is 1. The van der Waals surface area contributed by atoms with Crippen LogP contribution in [-0.2, 0) is 11.3 Å². The molecule has 1 atom stereocenters. The molecule has 0 spiro atoms. The Kier molecular flexibility index (Phi) is 6.37. The first-order valence-corrected chi connectivity index (χ1v) is 8.30. The Balaban J connectivity index is 1.90. The van der Waals surface area contributed by atoms with E-state index in [-0.39, 0.29) is 17.9 Å². The third kappa shape index (κ3) is 4.91. The van der Waals surface area contributed by atoms with Crippen molar-refractivity contribution < 1.29 is 9.90 Å². The molecule has 4 nitrogen and oxygen atoms in total. The quantitative estimate of drug-likeness (QED) is 0.785. The van der Waals surface area contributed by atoms with Crippen LogP contribution in [-0.4, -0.2) is 54.1 Å². The molecule has 0 radical (unpaired) electrons. The van der Waals surface area contributed by atoms with Crippen molar-refractivity contribution in [3.63, 3.8) is 0 Å². The fourth-order valence-corrected chi connectivity index (χ4v) is 3.37. The number of carbonyl (C=O) groups is 1. The van der Waals surface area contributed by atoms with E-state index in [0.29, 0.717) is 13.1 Å². The zero-order valence-corrected chi connectivity index (χ0v) is 14.1. The Morgan fingerprint density at radius 1 is 1.43 bits per heavy atom. The van der Waals surface area contributed by atoms with E-state index in [4.69, 9.17) is 0 Å². The lowest BCUT2D eigenvalue weighted by Crippen LogP contribution is -2.50. The minimum absolute atomic E-state index is 0.114. The van der Waals surface area contributed by atoms with Crippen LogP contribution in [0.1, 0.15) is 24.8 Å². The predicted octanol–water partition coefficient (Wildman–Crippen LogP) is 2.30. The molecule has 0 saturated carbocycles. The number of aliphatic hydroxyl groups excluding tert-OH is 1. The average molecular weight is 316 g/mol. The number of likely N-dealkylation sites (N-methyl/N-ethyl adjacent to an activating group) is 1. The van der Waals surface area contributed by atoms with Gasteiger partial charge >= 0.3 is 0 Å². The number of nitrogens with zero attached hydrogens (tertiary/aromatic N) is 2. The van der Waals surface area contributed by atoms with Crippen molar-refractivity contribution in [1.29, 1.82) is 0 Å². The number of hydrogen-bond acceptors (Lipinski definition) is 3. The lowest BCUT2D eigenvalue weighted by Gasteiger charge is -2.41. The highest BCUT2D eigenvalue weighted by atomic mass is 16.3. The molecule has 1 aromatic rings. The van der Waals surface area contributed by atoms with Crippen LogP contribution >= 0.6 is 0 Å². The first-order valence-electron chi connectivity index (χ1n) is 8.30. The van der Waals surface area contributed by atoms with Gasteiger partial charge in [0.25, 0.3) is 0 Å². The van der Waals surface area contributed by atoms with Gasteiger partial charge < -0.3 is 10.0 Å². The summed E-state index contributed by atoms with van der Waals surface area (Å²) in [6.07, 6.45) is 4.51. The van der Waals surface area contributed by atoms with Crippen LogP contribution in [0.3, 0.4) is 0 Å². The molecule has 1 fully saturated rings. The Morgan fingerprint density at radius 3 is 2.83 bits per heavy atom. The molecule has 2 rings (SSSR count). The maximum absolute atomic E-state index is 12.6. The van der Waals surface area contributed by atoms with Gasteiger partial charge in [0.15, 0.2) is 0 Å². The summed E-state index contributed by atoms with van der Waals surface area (Å²) in [6.45, 7) is 6.49. The molecule has 1 N–H and O–H groups in total. The van der Waals surface area contributed by atoms with Gasteiger partial charge in [-0.2, -0.15) is 0 Å². The normalized spacial score (nSPS) is 21.4. The zero-order valence-electron chi connectivity index (χ0n) is 14.1. The van der Waals surface area contributed by atoms with Gasteiger partial charge in [0.1, 0.15) is 0 Å². The van der Waals surface area contributed by atoms with E-state index in [2.05, 4.69) is 18.7 Å². The summed E-state index contributed by atoms with van der Waals surface area (Å²) in [4.78, 5) is 16.5. The average Bonchev–Trinajstić information content (AvgIpc) is 2.56. The lowest BCUT2D eigenvalue weighted by atomic mass is 9.78. The molecular weight excluding hydrogens is 288 g/mol. The molecule has 1 aliphatic rings. The summed E-state index contributed by atoms with van der Waals surface area (Å²) in [7, 11) is 1.97. The van der Waals surface area contributed by atoms with E-state index >= 15 is 0 Å². The summed E-state index contributed by atoms with van der Waals surface area (Å²) in [6, 6.07) is 10.2. The monoisotopic (exact) mass is 316 g/mol. The number of likely N-dealkylation sites (tertiary alicyclic amines) is 1. The van der Waals surface area contributed by atoms with Gasteiger partial charge in [-0.25, -0.2) is 0 Å². The van der Waals surface area contributed by atoms with Crippen LogP contribution in [0.2, 0.25) is 0 Å². The minimum atomic E-state index is -0.201. The van der Waals surface area contributed by atoms with E-state index in [1.54, 1.807) is 0 Å². The highest BCUT2D eigenvalue weighted by Gasteiger charge is 2.35. The SMILES string of the molecule is C=CC[C@@]1(CO)CCCN(C(=O)CN(C)Cc2ccccc2)C1. The van der Waals surface area contributed by atoms with Gasteiger partial charge in [-0.3, -0.25) is 9.69 Å². The van der Waals surface area contributed by atoms with Crippen LogP contribution in [0.4, 0.5) is 0 Å². The van der Waals surface area contributed by atoms with Crippen LogP contribution in [0.15, 0.2) is 43.0 Å². The van der Waals surface area contributed by atoms with Gasteiger partial charge in [0.05, 0.1) is 13.2 Å². The minimum Gasteiger partial charge on any atom is -0.396 e. The largest absolute Gasteiger partial charge is 0.396 e. The predicted molar refractivity (Wildman–Crippen MR) is 92.9 cm³/mol. The van der Waals surface area contributed by atoms with Gasteiger partial charge in [-0.05, 0) is 31.9 Å². The van der Waals surface area contributed by atoms with Crippen molar-refractivity contribution in [3.8, 4) is 0 Å². The summed E-state index contributed by atoms with van der Waals surface area (Å²) in [5.41, 5.74) is 1.01. The second-order valence-electron chi connectivity index (χ2n) is 6.73. The second-order valence-corrected chi connectivity index (χ2v) is 6.73. The molecule has 0 aromatic heterocycles. The molecular formula is C19H28N2O2. The van der Waals surface area contributed by atoms with Crippen molar-refractivity contribution in [2.45, 2.75) is 25.8 Å². The summed E-state index contributed by atoms with van der Waals surface area (Å²) in [5.74, 6) is 0.144. The Hall–Kier alpha value is -1.65. The Morgan fingerprint density at radius 2 is 2.17 bits per heavy atom.